The minimum absolute atomic E-state index is 0.320. The van der Waals surface area contributed by atoms with Gasteiger partial charge < -0.3 is 10.2 Å². The van der Waals surface area contributed by atoms with E-state index in [0.717, 1.165) is 18.5 Å². The van der Waals surface area contributed by atoms with E-state index in [2.05, 4.69) is 24.3 Å². The second kappa shape index (κ2) is 6.07. The molecule has 0 unspecified atom stereocenters. The Bertz CT molecular complexity index is 427. The van der Waals surface area contributed by atoms with Crippen molar-refractivity contribution in [3.8, 4) is 0 Å². The van der Waals surface area contributed by atoms with Crippen LogP contribution in [0.3, 0.4) is 0 Å². The van der Waals surface area contributed by atoms with Gasteiger partial charge in [0.05, 0.1) is 23.4 Å². The van der Waals surface area contributed by atoms with Gasteiger partial charge in [-0.25, -0.2) is 10.8 Å². The van der Waals surface area contributed by atoms with Gasteiger partial charge in [0.1, 0.15) is 5.82 Å². The molecule has 106 valence electrons. The first-order chi connectivity index (χ1) is 9.00. The van der Waals surface area contributed by atoms with Crippen LogP contribution in [0.15, 0.2) is 12.1 Å². The number of rotatable bonds is 4. The van der Waals surface area contributed by atoms with E-state index in [1.165, 1.54) is 12.8 Å². The second-order valence-electron chi connectivity index (χ2n) is 5.94. The Balaban J connectivity index is 1.89. The molecular weight excluding hydrogens is 262 g/mol. The topological polar surface area (TPSA) is 60.2 Å². The number of anilines is 1. The quantitative estimate of drug-likeness (QED) is 0.656. The Morgan fingerprint density at radius 1 is 1.42 bits per heavy atom. The zero-order chi connectivity index (χ0) is 13.9. The molecule has 5 heteroatoms. The van der Waals surface area contributed by atoms with E-state index < -0.39 is 0 Å². The number of ether oxygens (including phenoxy) is 1. The number of hydrazine groups is 1. The molecule has 4 nitrogen and oxygen atoms in total. The third-order valence-electron chi connectivity index (χ3n) is 3.81. The van der Waals surface area contributed by atoms with Gasteiger partial charge in [-0.15, -0.1) is 0 Å². The van der Waals surface area contributed by atoms with Gasteiger partial charge in [0.15, 0.2) is 0 Å². The summed E-state index contributed by atoms with van der Waals surface area (Å²) in [4.78, 5) is 4.31. The van der Waals surface area contributed by atoms with Gasteiger partial charge in [-0.2, -0.15) is 0 Å². The highest BCUT2D eigenvalue weighted by molar-refractivity contribution is 6.31. The van der Waals surface area contributed by atoms with Crippen LogP contribution in [0.2, 0.25) is 5.02 Å². The molecule has 0 bridgehead atoms. The fourth-order valence-corrected chi connectivity index (χ4v) is 2.56. The van der Waals surface area contributed by atoms with E-state index in [1.807, 2.05) is 0 Å². The fourth-order valence-electron chi connectivity index (χ4n) is 2.40. The van der Waals surface area contributed by atoms with Crippen molar-refractivity contribution in [3.63, 3.8) is 0 Å². The molecule has 1 heterocycles. The average Bonchev–Trinajstić information content (AvgIpc) is 2.39. The monoisotopic (exact) mass is 283 g/mol. The Kier molecular flexibility index (Phi) is 4.66. The fraction of sp³-hybridized carbons (Fsp3) is 0.643. The van der Waals surface area contributed by atoms with Crippen LogP contribution in [0.1, 0.15) is 45.2 Å². The van der Waals surface area contributed by atoms with Crippen molar-refractivity contribution >= 4 is 17.4 Å². The number of nitrogens with one attached hydrogen (secondary N) is 1. The van der Waals surface area contributed by atoms with Crippen molar-refractivity contribution < 1.29 is 4.74 Å². The van der Waals surface area contributed by atoms with Crippen LogP contribution in [-0.4, -0.2) is 11.1 Å². The van der Waals surface area contributed by atoms with Crippen molar-refractivity contribution in [3.05, 3.63) is 22.8 Å². The molecule has 0 saturated heterocycles. The van der Waals surface area contributed by atoms with Gasteiger partial charge >= 0.3 is 0 Å². The van der Waals surface area contributed by atoms with E-state index in [4.69, 9.17) is 22.2 Å². The summed E-state index contributed by atoms with van der Waals surface area (Å²) in [5, 5.41) is 0.620. The summed E-state index contributed by atoms with van der Waals surface area (Å²) in [6, 6.07) is 3.53. The average molecular weight is 284 g/mol. The zero-order valence-corrected chi connectivity index (χ0v) is 12.3. The minimum atomic E-state index is 0.320. The summed E-state index contributed by atoms with van der Waals surface area (Å²) < 4.78 is 5.93. The molecule has 1 aliphatic carbocycles. The van der Waals surface area contributed by atoms with Gasteiger partial charge in [-0.05, 0) is 43.2 Å². The number of hydrogen-bond acceptors (Lipinski definition) is 4. The summed E-state index contributed by atoms with van der Waals surface area (Å²) in [7, 11) is 0. The maximum absolute atomic E-state index is 6.11. The Morgan fingerprint density at radius 2 is 2.11 bits per heavy atom. The van der Waals surface area contributed by atoms with Crippen molar-refractivity contribution in [2.24, 2.45) is 11.3 Å². The van der Waals surface area contributed by atoms with Crippen LogP contribution >= 0.6 is 11.6 Å². The van der Waals surface area contributed by atoms with Crippen LogP contribution in [-0.2, 0) is 11.3 Å². The van der Waals surface area contributed by atoms with E-state index in [0.29, 0.717) is 29.0 Å². The molecule has 0 spiro atoms. The van der Waals surface area contributed by atoms with Gasteiger partial charge in [0, 0.05) is 0 Å². The summed E-state index contributed by atoms with van der Waals surface area (Å²) in [5.41, 5.74) is 3.71. The molecule has 2 rings (SSSR count). The van der Waals surface area contributed by atoms with E-state index in [-0.39, 0.29) is 0 Å². The highest BCUT2D eigenvalue weighted by Crippen LogP contribution is 2.36. The molecule has 0 radical (unpaired) electrons. The lowest BCUT2D eigenvalue weighted by molar-refractivity contribution is -0.00680. The van der Waals surface area contributed by atoms with Crippen molar-refractivity contribution in [1.29, 1.82) is 0 Å². The Morgan fingerprint density at radius 3 is 2.74 bits per heavy atom. The minimum Gasteiger partial charge on any atom is -0.372 e. The highest BCUT2D eigenvalue weighted by atomic mass is 35.5. The molecule has 0 aliphatic heterocycles. The van der Waals surface area contributed by atoms with E-state index in [9.17, 15) is 0 Å². The maximum atomic E-state index is 6.11. The molecule has 0 aromatic carbocycles. The lowest BCUT2D eigenvalue weighted by atomic mass is 9.76. The number of halogens is 1. The zero-order valence-electron chi connectivity index (χ0n) is 11.6. The molecule has 1 saturated carbocycles. The molecule has 0 amide bonds. The number of nitrogen functional groups attached to an aromatic ring is 1. The summed E-state index contributed by atoms with van der Waals surface area (Å²) in [6.07, 6.45) is 4.96. The molecule has 3 N–H and O–H groups in total. The van der Waals surface area contributed by atoms with Crippen LogP contribution < -0.4 is 11.3 Å². The predicted molar refractivity (Wildman–Crippen MR) is 77.9 cm³/mol. The number of nitrogens with two attached hydrogens (primary N) is 1. The first-order valence-corrected chi connectivity index (χ1v) is 7.12. The first-order valence-electron chi connectivity index (χ1n) is 6.74. The summed E-state index contributed by atoms with van der Waals surface area (Å²) in [6.45, 7) is 5.08. The standard InChI is InChI=1S/C14H22ClN3O/c1-14(2)7-5-10(6-8-14)19-9-12-11(15)3-4-13(17-12)18-16/h3-4,10H,5-9,16H2,1-2H3,(H,17,18). The second-order valence-corrected chi connectivity index (χ2v) is 6.35. The van der Waals surface area contributed by atoms with Crippen molar-refractivity contribution in [2.45, 2.75) is 52.2 Å². The number of hydrogen-bond donors (Lipinski definition) is 2. The van der Waals surface area contributed by atoms with Crippen molar-refractivity contribution in [1.82, 2.24) is 4.98 Å². The molecule has 1 aromatic heterocycles. The smallest absolute Gasteiger partial charge is 0.140 e. The lowest BCUT2D eigenvalue weighted by Gasteiger charge is -2.34. The SMILES string of the molecule is CC1(C)CCC(OCc2nc(NN)ccc2Cl)CC1. The Hall–Kier alpha value is -0.840. The van der Waals surface area contributed by atoms with Crippen LogP contribution in [0.4, 0.5) is 5.82 Å². The van der Waals surface area contributed by atoms with Gasteiger partial charge in [0.25, 0.3) is 0 Å². The molecule has 1 aromatic rings. The van der Waals surface area contributed by atoms with E-state index in [1.54, 1.807) is 12.1 Å². The summed E-state index contributed by atoms with van der Waals surface area (Å²) >= 11 is 6.11. The maximum Gasteiger partial charge on any atom is 0.140 e. The van der Waals surface area contributed by atoms with Crippen LogP contribution in [0.25, 0.3) is 0 Å². The molecule has 0 atom stereocenters. The Labute approximate surface area is 119 Å². The molecule has 1 fully saturated rings. The third kappa shape index (κ3) is 4.06. The van der Waals surface area contributed by atoms with E-state index >= 15 is 0 Å². The number of nitrogens with zero attached hydrogens (tertiary/aromatic N) is 1. The van der Waals surface area contributed by atoms with Crippen LogP contribution in [0, 0.1) is 5.41 Å². The normalized spacial score (nSPS) is 19.4. The van der Waals surface area contributed by atoms with Crippen molar-refractivity contribution in [2.75, 3.05) is 5.43 Å². The largest absolute Gasteiger partial charge is 0.372 e. The third-order valence-corrected chi connectivity index (χ3v) is 4.15. The van der Waals surface area contributed by atoms with Crippen LogP contribution in [0.5, 0.6) is 0 Å². The molecular formula is C14H22ClN3O. The first kappa shape index (κ1) is 14.6. The lowest BCUT2D eigenvalue weighted by Crippen LogP contribution is -2.26. The summed E-state index contributed by atoms with van der Waals surface area (Å²) in [5.74, 6) is 5.95. The number of pyridine rings is 1. The predicted octanol–water partition coefficient (Wildman–Crippen LogP) is 3.51. The molecule has 1 aliphatic rings. The van der Waals surface area contributed by atoms with Gasteiger partial charge in [-0.3, -0.25) is 0 Å². The number of aromatic nitrogens is 1. The van der Waals surface area contributed by atoms with Gasteiger partial charge in [-0.1, -0.05) is 25.4 Å². The highest BCUT2D eigenvalue weighted by Gasteiger charge is 2.27. The molecule has 19 heavy (non-hydrogen) atoms. The van der Waals surface area contributed by atoms with Gasteiger partial charge in [0.2, 0.25) is 0 Å².